The summed E-state index contributed by atoms with van der Waals surface area (Å²) in [5.41, 5.74) is 6.52. The Labute approximate surface area is 184 Å². The first-order valence-corrected chi connectivity index (χ1v) is 10.7. The zero-order valence-electron chi connectivity index (χ0n) is 17.5. The molecular weight excluding hydrogens is 446 g/mol. The maximum atomic E-state index is 13.2. The highest BCUT2D eigenvalue weighted by Gasteiger charge is 2.32. The van der Waals surface area contributed by atoms with Crippen molar-refractivity contribution in [2.45, 2.75) is 26.8 Å². The number of halogens is 1. The zero-order chi connectivity index (χ0) is 21.4. The molecule has 0 unspecified atom stereocenters. The maximum absolute atomic E-state index is 13.2. The summed E-state index contributed by atoms with van der Waals surface area (Å²) < 4.78 is 19.7. The van der Waals surface area contributed by atoms with Gasteiger partial charge in [-0.15, -0.1) is 0 Å². The summed E-state index contributed by atoms with van der Waals surface area (Å²) in [5.74, 6) is 1.02. The smallest absolute Gasteiger partial charge is 0.340 e. The van der Waals surface area contributed by atoms with E-state index < -0.39 is 0 Å². The number of methoxy groups -OCH3 is 2. The van der Waals surface area contributed by atoms with E-state index in [0.29, 0.717) is 23.7 Å². The Morgan fingerprint density at radius 2 is 1.87 bits per heavy atom. The number of carbonyl (C=O) groups is 1. The molecule has 1 aliphatic rings. The van der Waals surface area contributed by atoms with Gasteiger partial charge in [-0.25, -0.2) is 4.79 Å². The molecule has 0 aliphatic carbocycles. The summed E-state index contributed by atoms with van der Waals surface area (Å²) in [4.78, 5) is 13.2. The minimum atomic E-state index is -0.313. The average Bonchev–Trinajstić information content (AvgIpc) is 3.05. The van der Waals surface area contributed by atoms with Crippen molar-refractivity contribution in [2.75, 3.05) is 20.8 Å². The van der Waals surface area contributed by atoms with Gasteiger partial charge in [-0.05, 0) is 55.7 Å². The van der Waals surface area contributed by atoms with Crippen LogP contribution in [0.25, 0.3) is 22.4 Å². The summed E-state index contributed by atoms with van der Waals surface area (Å²) in [7, 11) is 3.26. The highest BCUT2D eigenvalue weighted by atomic mass is 79.9. The molecular formula is C24H24BrNO4. The fourth-order valence-electron chi connectivity index (χ4n) is 4.28. The molecule has 1 aliphatic heterocycles. The Hall–Kier alpha value is -2.73. The van der Waals surface area contributed by atoms with Gasteiger partial charge in [-0.3, -0.25) is 0 Å². The number of benzene rings is 2. The number of fused-ring (bicyclic) bond motifs is 3. The molecule has 2 aromatic carbocycles. The van der Waals surface area contributed by atoms with E-state index in [1.165, 1.54) is 0 Å². The highest BCUT2D eigenvalue weighted by molar-refractivity contribution is 9.10. The van der Waals surface area contributed by atoms with Gasteiger partial charge in [-0.1, -0.05) is 28.1 Å². The Kier molecular flexibility index (Phi) is 5.60. The van der Waals surface area contributed by atoms with Gasteiger partial charge in [0, 0.05) is 27.8 Å². The van der Waals surface area contributed by atoms with Gasteiger partial charge >= 0.3 is 5.97 Å². The van der Waals surface area contributed by atoms with E-state index in [-0.39, 0.29) is 5.97 Å². The number of aromatic nitrogens is 1. The molecule has 0 bridgehead atoms. The summed E-state index contributed by atoms with van der Waals surface area (Å²) >= 11 is 3.56. The van der Waals surface area contributed by atoms with E-state index in [1.54, 1.807) is 14.2 Å². The Morgan fingerprint density at radius 1 is 1.13 bits per heavy atom. The summed E-state index contributed by atoms with van der Waals surface area (Å²) in [6.45, 7) is 4.99. The standard InChI is InChI=1S/C24H24BrNO4/c1-5-30-24(27)22-21(16-7-6-8-17(25)11-16)14(2)26-10-9-15-12-19(28-3)20(29-4)13-18(15)23(22)26/h6-8,11-13H,5,9-10H2,1-4H3. The van der Waals surface area contributed by atoms with E-state index in [2.05, 4.69) is 27.4 Å². The Bertz CT molecular complexity index is 1130. The van der Waals surface area contributed by atoms with Crippen LogP contribution in [0.4, 0.5) is 0 Å². The van der Waals surface area contributed by atoms with Crippen LogP contribution in [0.3, 0.4) is 0 Å². The van der Waals surface area contributed by atoms with Gasteiger partial charge in [0.25, 0.3) is 0 Å². The molecule has 0 saturated carbocycles. The molecule has 0 atom stereocenters. The van der Waals surface area contributed by atoms with Crippen molar-refractivity contribution in [2.24, 2.45) is 0 Å². The molecule has 0 fully saturated rings. The van der Waals surface area contributed by atoms with Gasteiger partial charge in [-0.2, -0.15) is 0 Å². The lowest BCUT2D eigenvalue weighted by molar-refractivity contribution is 0.0528. The van der Waals surface area contributed by atoms with E-state index in [4.69, 9.17) is 14.2 Å². The number of hydrogen-bond donors (Lipinski definition) is 0. The molecule has 1 aromatic heterocycles. The molecule has 0 spiro atoms. The number of rotatable bonds is 5. The van der Waals surface area contributed by atoms with E-state index >= 15 is 0 Å². The fraction of sp³-hybridized carbons (Fsp3) is 0.292. The van der Waals surface area contributed by atoms with Gasteiger partial charge < -0.3 is 18.8 Å². The largest absolute Gasteiger partial charge is 0.493 e. The maximum Gasteiger partial charge on any atom is 0.340 e. The molecule has 0 saturated heterocycles. The first-order chi connectivity index (χ1) is 14.5. The van der Waals surface area contributed by atoms with Crippen LogP contribution in [-0.4, -0.2) is 31.4 Å². The molecule has 0 amide bonds. The van der Waals surface area contributed by atoms with E-state index in [9.17, 15) is 4.79 Å². The first kappa shape index (κ1) is 20.5. The van der Waals surface area contributed by atoms with Gasteiger partial charge in [0.2, 0.25) is 0 Å². The van der Waals surface area contributed by atoms with Crippen LogP contribution in [0.5, 0.6) is 11.5 Å². The lowest BCUT2D eigenvalue weighted by Crippen LogP contribution is -2.15. The first-order valence-electron chi connectivity index (χ1n) is 9.91. The summed E-state index contributed by atoms with van der Waals surface area (Å²) in [5, 5.41) is 0. The monoisotopic (exact) mass is 469 g/mol. The zero-order valence-corrected chi connectivity index (χ0v) is 19.1. The molecule has 156 valence electrons. The van der Waals surface area contributed by atoms with Crippen LogP contribution in [0, 0.1) is 6.92 Å². The molecule has 30 heavy (non-hydrogen) atoms. The predicted molar refractivity (Wildman–Crippen MR) is 121 cm³/mol. The third-order valence-corrected chi connectivity index (χ3v) is 6.08. The number of nitrogens with zero attached hydrogens (tertiary/aromatic N) is 1. The van der Waals surface area contributed by atoms with Crippen molar-refractivity contribution in [3.8, 4) is 33.9 Å². The SMILES string of the molecule is CCOC(=O)c1c(-c2cccc(Br)c2)c(C)n2c1-c1cc(OC)c(OC)cc1CC2. The molecule has 3 aromatic rings. The third-order valence-electron chi connectivity index (χ3n) is 5.59. The van der Waals surface area contributed by atoms with Gasteiger partial charge in [0.1, 0.15) is 0 Å². The second-order valence-electron chi connectivity index (χ2n) is 7.18. The van der Waals surface area contributed by atoms with Crippen LogP contribution in [0.1, 0.15) is 28.5 Å². The summed E-state index contributed by atoms with van der Waals surface area (Å²) in [6, 6.07) is 12.0. The van der Waals surface area contributed by atoms with Crippen molar-refractivity contribution in [3.05, 3.63) is 57.7 Å². The normalized spacial score (nSPS) is 12.2. The minimum absolute atomic E-state index is 0.313. The van der Waals surface area contributed by atoms with Gasteiger partial charge in [0.15, 0.2) is 11.5 Å². The lowest BCUT2D eigenvalue weighted by atomic mass is 9.93. The average molecular weight is 470 g/mol. The molecule has 4 rings (SSSR count). The van der Waals surface area contributed by atoms with Crippen LogP contribution >= 0.6 is 15.9 Å². The second-order valence-corrected chi connectivity index (χ2v) is 8.10. The van der Waals surface area contributed by atoms with Crippen LogP contribution in [0.15, 0.2) is 40.9 Å². The lowest BCUT2D eigenvalue weighted by Gasteiger charge is -2.23. The minimum Gasteiger partial charge on any atom is -0.493 e. The number of ether oxygens (including phenoxy) is 3. The van der Waals surface area contributed by atoms with Crippen LogP contribution < -0.4 is 9.47 Å². The Morgan fingerprint density at radius 3 is 2.53 bits per heavy atom. The number of aryl methyl sites for hydroxylation is 1. The number of esters is 1. The van der Waals surface area contributed by atoms with Crippen molar-refractivity contribution in [1.82, 2.24) is 4.57 Å². The van der Waals surface area contributed by atoms with Crippen molar-refractivity contribution < 1.29 is 19.0 Å². The van der Waals surface area contributed by atoms with Crippen molar-refractivity contribution in [1.29, 1.82) is 0 Å². The summed E-state index contributed by atoms with van der Waals surface area (Å²) in [6.07, 6.45) is 0.846. The molecule has 0 radical (unpaired) electrons. The number of carbonyl (C=O) groups excluding carboxylic acids is 1. The molecule has 2 heterocycles. The van der Waals surface area contributed by atoms with Crippen LogP contribution in [-0.2, 0) is 17.7 Å². The predicted octanol–water partition coefficient (Wildman–Crippen LogP) is 5.64. The van der Waals surface area contributed by atoms with Crippen molar-refractivity contribution in [3.63, 3.8) is 0 Å². The number of hydrogen-bond acceptors (Lipinski definition) is 4. The second kappa shape index (κ2) is 8.19. The van der Waals surface area contributed by atoms with E-state index in [1.807, 2.05) is 43.3 Å². The highest BCUT2D eigenvalue weighted by Crippen LogP contribution is 2.45. The Balaban J connectivity index is 2.05. The van der Waals surface area contributed by atoms with E-state index in [0.717, 1.165) is 51.1 Å². The quantitative estimate of drug-likeness (QED) is 0.453. The van der Waals surface area contributed by atoms with Crippen molar-refractivity contribution >= 4 is 21.9 Å². The fourth-order valence-corrected chi connectivity index (χ4v) is 4.68. The topological polar surface area (TPSA) is 49.7 Å². The third kappa shape index (κ3) is 3.29. The molecule has 6 heteroatoms. The molecule has 5 nitrogen and oxygen atoms in total. The van der Waals surface area contributed by atoms with Crippen LogP contribution in [0.2, 0.25) is 0 Å². The van der Waals surface area contributed by atoms with Gasteiger partial charge in [0.05, 0.1) is 32.1 Å². The molecule has 0 N–H and O–H groups in total.